The summed E-state index contributed by atoms with van der Waals surface area (Å²) >= 11 is 0. The lowest BCUT2D eigenvalue weighted by atomic mass is 9.86. The van der Waals surface area contributed by atoms with Gasteiger partial charge < -0.3 is 9.84 Å². The minimum absolute atomic E-state index is 0.0352. The predicted octanol–water partition coefficient (Wildman–Crippen LogP) is 2.74. The van der Waals surface area contributed by atoms with Gasteiger partial charge in [0.2, 0.25) is 0 Å². The van der Waals surface area contributed by atoms with E-state index in [0.29, 0.717) is 0 Å². The highest BCUT2D eigenvalue weighted by Gasteiger charge is 2.28. The van der Waals surface area contributed by atoms with Crippen molar-refractivity contribution in [2.24, 2.45) is 5.41 Å². The van der Waals surface area contributed by atoms with E-state index in [-0.39, 0.29) is 12.2 Å². The van der Waals surface area contributed by atoms with Crippen LogP contribution in [0.4, 0.5) is 0 Å². The van der Waals surface area contributed by atoms with Gasteiger partial charge in [-0.2, -0.15) is 0 Å². The number of benzene rings is 1. The Labute approximate surface area is 109 Å². The van der Waals surface area contributed by atoms with Crippen molar-refractivity contribution in [1.82, 2.24) is 0 Å². The van der Waals surface area contributed by atoms with Gasteiger partial charge >= 0.3 is 0 Å². The number of methoxy groups -OCH3 is 1. The number of carbonyl (C=O) groups excluding carboxylic acids is 1. The molecular weight excluding hydrogens is 228 g/mol. The molecule has 0 aliphatic rings. The van der Waals surface area contributed by atoms with Gasteiger partial charge in [-0.25, -0.2) is 0 Å². The summed E-state index contributed by atoms with van der Waals surface area (Å²) < 4.78 is 5.31. The van der Waals surface area contributed by atoms with Gasteiger partial charge in [-0.15, -0.1) is 0 Å². The number of Topliss-reactive ketones (excluding diaryl/α,β-unsaturated/α-hetero) is 1. The van der Waals surface area contributed by atoms with E-state index in [4.69, 9.17) is 4.74 Å². The van der Waals surface area contributed by atoms with Gasteiger partial charge in [-0.05, 0) is 5.56 Å². The van der Waals surface area contributed by atoms with Crippen LogP contribution in [0.1, 0.15) is 38.9 Å². The van der Waals surface area contributed by atoms with Crippen LogP contribution < -0.4 is 0 Å². The molecule has 3 heteroatoms. The summed E-state index contributed by atoms with van der Waals surface area (Å²) in [6.07, 6.45) is -1.17. The summed E-state index contributed by atoms with van der Waals surface area (Å²) in [6, 6.07) is 9.46. The van der Waals surface area contributed by atoms with Crippen molar-refractivity contribution in [3.63, 3.8) is 0 Å². The molecular formula is C15H22O3. The van der Waals surface area contributed by atoms with E-state index in [1.807, 2.05) is 51.1 Å². The van der Waals surface area contributed by atoms with Gasteiger partial charge in [-0.1, -0.05) is 51.1 Å². The van der Waals surface area contributed by atoms with Crippen molar-refractivity contribution in [2.45, 2.75) is 39.4 Å². The average Bonchev–Trinajstić information content (AvgIpc) is 2.30. The van der Waals surface area contributed by atoms with Crippen LogP contribution in [-0.4, -0.2) is 24.1 Å². The lowest BCUT2D eigenvalue weighted by molar-refractivity contribution is -0.130. The number of hydrogen-bond acceptors (Lipinski definition) is 3. The van der Waals surface area contributed by atoms with E-state index in [0.717, 1.165) is 5.56 Å². The highest BCUT2D eigenvalue weighted by Crippen LogP contribution is 2.26. The Morgan fingerprint density at radius 2 is 1.83 bits per heavy atom. The molecule has 1 aromatic rings. The van der Waals surface area contributed by atoms with Crippen LogP contribution in [0.3, 0.4) is 0 Å². The number of hydrogen-bond donors (Lipinski definition) is 1. The molecule has 0 aliphatic heterocycles. The first-order chi connectivity index (χ1) is 8.36. The quantitative estimate of drug-likeness (QED) is 0.874. The van der Waals surface area contributed by atoms with Crippen molar-refractivity contribution in [1.29, 1.82) is 0 Å². The van der Waals surface area contributed by atoms with Crippen LogP contribution in [0, 0.1) is 5.41 Å². The van der Waals surface area contributed by atoms with E-state index in [2.05, 4.69) is 0 Å². The van der Waals surface area contributed by atoms with Crippen molar-refractivity contribution in [3.8, 4) is 0 Å². The zero-order valence-corrected chi connectivity index (χ0v) is 11.5. The monoisotopic (exact) mass is 250 g/mol. The second-order valence-electron chi connectivity index (χ2n) is 5.51. The van der Waals surface area contributed by atoms with Crippen LogP contribution in [0.2, 0.25) is 0 Å². The predicted molar refractivity (Wildman–Crippen MR) is 71.3 cm³/mol. The number of carbonyl (C=O) groups is 1. The molecule has 1 aromatic carbocycles. The molecule has 0 unspecified atom stereocenters. The van der Waals surface area contributed by atoms with E-state index in [1.165, 1.54) is 0 Å². The molecule has 0 fully saturated rings. The molecule has 0 heterocycles. The molecule has 0 aliphatic carbocycles. The molecule has 1 rings (SSSR count). The molecule has 0 aromatic heterocycles. The summed E-state index contributed by atoms with van der Waals surface area (Å²) in [5.74, 6) is 0.0352. The van der Waals surface area contributed by atoms with Gasteiger partial charge in [0, 0.05) is 18.9 Å². The number of rotatable bonds is 5. The SMILES string of the molecule is CO[C@H](c1ccccc1)[C@@H](O)CC(=O)C(C)(C)C. The highest BCUT2D eigenvalue weighted by molar-refractivity contribution is 5.84. The summed E-state index contributed by atoms with van der Waals surface area (Å²) in [5, 5.41) is 10.2. The van der Waals surface area contributed by atoms with Gasteiger partial charge in [0.15, 0.2) is 0 Å². The number of aliphatic hydroxyl groups excluding tert-OH is 1. The Hall–Kier alpha value is -1.19. The normalized spacial score (nSPS) is 15.2. The van der Waals surface area contributed by atoms with Crippen LogP contribution >= 0.6 is 0 Å². The minimum atomic E-state index is -0.816. The molecule has 3 nitrogen and oxygen atoms in total. The molecule has 1 N–H and O–H groups in total. The summed E-state index contributed by atoms with van der Waals surface area (Å²) in [4.78, 5) is 11.9. The van der Waals surface area contributed by atoms with Crippen molar-refractivity contribution < 1.29 is 14.6 Å². The third-order valence-electron chi connectivity index (χ3n) is 2.96. The number of ketones is 1. The second kappa shape index (κ2) is 6.12. The van der Waals surface area contributed by atoms with Crippen molar-refractivity contribution in [3.05, 3.63) is 35.9 Å². The Balaban J connectivity index is 2.75. The van der Waals surface area contributed by atoms with Crippen LogP contribution in [0.5, 0.6) is 0 Å². The zero-order valence-electron chi connectivity index (χ0n) is 11.5. The minimum Gasteiger partial charge on any atom is -0.390 e. The smallest absolute Gasteiger partial charge is 0.140 e. The summed E-state index contributed by atoms with van der Waals surface area (Å²) in [6.45, 7) is 5.56. The fourth-order valence-electron chi connectivity index (χ4n) is 1.76. The highest BCUT2D eigenvalue weighted by atomic mass is 16.5. The Morgan fingerprint density at radius 3 is 2.28 bits per heavy atom. The maximum Gasteiger partial charge on any atom is 0.140 e. The molecule has 0 amide bonds. The summed E-state index contributed by atoms with van der Waals surface area (Å²) in [7, 11) is 1.54. The maximum absolute atomic E-state index is 11.9. The molecule has 0 saturated heterocycles. The Bertz CT molecular complexity index is 378. The average molecular weight is 250 g/mol. The summed E-state index contributed by atoms with van der Waals surface area (Å²) in [5.41, 5.74) is 0.449. The van der Waals surface area contributed by atoms with Crippen molar-refractivity contribution in [2.75, 3.05) is 7.11 Å². The standard InChI is InChI=1S/C15H22O3/c1-15(2,3)13(17)10-12(16)14(18-4)11-8-6-5-7-9-11/h5-9,12,14,16H,10H2,1-4H3/t12-,14+/m0/s1. The lowest BCUT2D eigenvalue weighted by Crippen LogP contribution is -2.29. The third-order valence-corrected chi connectivity index (χ3v) is 2.96. The molecule has 100 valence electrons. The van der Waals surface area contributed by atoms with Crippen LogP contribution in [-0.2, 0) is 9.53 Å². The van der Waals surface area contributed by atoms with Gasteiger partial charge in [0.1, 0.15) is 11.9 Å². The molecule has 2 atom stereocenters. The van der Waals surface area contributed by atoms with Crippen LogP contribution in [0.25, 0.3) is 0 Å². The number of ether oxygens (including phenoxy) is 1. The first-order valence-corrected chi connectivity index (χ1v) is 6.15. The molecule has 0 radical (unpaired) electrons. The van der Waals surface area contributed by atoms with Crippen LogP contribution in [0.15, 0.2) is 30.3 Å². The number of aliphatic hydroxyl groups is 1. The molecule has 0 saturated carbocycles. The Morgan fingerprint density at radius 1 is 1.28 bits per heavy atom. The topological polar surface area (TPSA) is 46.5 Å². The first-order valence-electron chi connectivity index (χ1n) is 6.15. The molecule has 18 heavy (non-hydrogen) atoms. The van der Waals surface area contributed by atoms with Gasteiger partial charge in [0.25, 0.3) is 0 Å². The largest absolute Gasteiger partial charge is 0.390 e. The second-order valence-corrected chi connectivity index (χ2v) is 5.51. The molecule has 0 bridgehead atoms. The third kappa shape index (κ3) is 3.93. The fraction of sp³-hybridized carbons (Fsp3) is 0.533. The Kier molecular flexibility index (Phi) is 5.05. The van der Waals surface area contributed by atoms with E-state index >= 15 is 0 Å². The molecule has 0 spiro atoms. The maximum atomic E-state index is 11.9. The lowest BCUT2D eigenvalue weighted by Gasteiger charge is -2.24. The van der Waals surface area contributed by atoms with Gasteiger partial charge in [-0.3, -0.25) is 4.79 Å². The van der Waals surface area contributed by atoms with E-state index in [1.54, 1.807) is 7.11 Å². The zero-order chi connectivity index (χ0) is 13.8. The fourth-order valence-corrected chi connectivity index (χ4v) is 1.76. The van der Waals surface area contributed by atoms with Gasteiger partial charge in [0.05, 0.1) is 6.10 Å². The van der Waals surface area contributed by atoms with Crippen molar-refractivity contribution >= 4 is 5.78 Å². The van der Waals surface area contributed by atoms with E-state index < -0.39 is 17.6 Å². The first kappa shape index (κ1) is 14.9. The van der Waals surface area contributed by atoms with E-state index in [9.17, 15) is 9.90 Å².